The molecule has 0 spiro atoms. The molecule has 1 aromatic carbocycles. The normalized spacial score (nSPS) is 12.6. The molecule has 0 radical (unpaired) electrons. The van der Waals surface area contributed by atoms with Crippen LogP contribution >= 0.6 is 22.6 Å². The first kappa shape index (κ1) is 14.5. The quantitative estimate of drug-likeness (QED) is 0.766. The summed E-state index contributed by atoms with van der Waals surface area (Å²) in [4.78, 5) is 0. The van der Waals surface area contributed by atoms with Crippen molar-refractivity contribution in [3.8, 4) is 11.3 Å². The molecule has 1 aromatic heterocycles. The number of nitrogens with one attached hydrogen (secondary N) is 1. The molecule has 0 saturated carbocycles. The zero-order valence-electron chi connectivity index (χ0n) is 11.0. The molecule has 2 nitrogen and oxygen atoms in total. The minimum atomic E-state index is -0.223. The summed E-state index contributed by atoms with van der Waals surface area (Å²) in [5, 5.41) is 3.38. The summed E-state index contributed by atoms with van der Waals surface area (Å²) in [6.45, 7) is 5.11. The van der Waals surface area contributed by atoms with Crippen molar-refractivity contribution in [1.82, 2.24) is 5.32 Å². The Hall–Kier alpha value is -0.880. The maximum atomic E-state index is 13.1. The summed E-state index contributed by atoms with van der Waals surface area (Å²) in [6.07, 6.45) is 0.974. The summed E-state index contributed by atoms with van der Waals surface area (Å²) in [6, 6.07) is 8.91. The Kier molecular flexibility index (Phi) is 4.99. The molecule has 0 fully saturated rings. The van der Waals surface area contributed by atoms with Crippen molar-refractivity contribution in [3.63, 3.8) is 0 Å². The van der Waals surface area contributed by atoms with Crippen molar-refractivity contribution in [3.05, 3.63) is 45.5 Å². The zero-order chi connectivity index (χ0) is 13.8. The number of hydrogen-bond acceptors (Lipinski definition) is 2. The fourth-order valence-corrected chi connectivity index (χ4v) is 2.81. The third-order valence-corrected chi connectivity index (χ3v) is 3.92. The molecule has 19 heavy (non-hydrogen) atoms. The average molecular weight is 373 g/mol. The first-order valence-corrected chi connectivity index (χ1v) is 7.52. The Morgan fingerprint density at radius 1 is 1.26 bits per heavy atom. The van der Waals surface area contributed by atoms with Gasteiger partial charge >= 0.3 is 0 Å². The first-order chi connectivity index (χ1) is 9.15. The van der Waals surface area contributed by atoms with Crippen LogP contribution in [0.3, 0.4) is 0 Å². The number of rotatable bonds is 5. The third kappa shape index (κ3) is 3.36. The van der Waals surface area contributed by atoms with Gasteiger partial charge in [-0.1, -0.05) is 13.8 Å². The molecule has 2 rings (SSSR count). The molecular weight excluding hydrogens is 356 g/mol. The second-order valence-electron chi connectivity index (χ2n) is 4.34. The van der Waals surface area contributed by atoms with Gasteiger partial charge in [0, 0.05) is 9.13 Å². The standard InChI is InChI=1S/C15H17FINO/c1-3-13(18-4-2)15-8-7-14(19-15)11-6-5-10(16)9-12(11)17/h5-9,13,18H,3-4H2,1-2H3. The van der Waals surface area contributed by atoms with Gasteiger partial charge in [0.05, 0.1) is 6.04 Å². The van der Waals surface area contributed by atoms with Gasteiger partial charge in [0.1, 0.15) is 17.3 Å². The Morgan fingerprint density at radius 3 is 2.68 bits per heavy atom. The lowest BCUT2D eigenvalue weighted by Gasteiger charge is -2.12. The highest BCUT2D eigenvalue weighted by molar-refractivity contribution is 14.1. The van der Waals surface area contributed by atoms with Crippen molar-refractivity contribution >= 4 is 22.6 Å². The fourth-order valence-electron chi connectivity index (χ4n) is 2.07. The predicted molar refractivity (Wildman–Crippen MR) is 83.5 cm³/mol. The van der Waals surface area contributed by atoms with Crippen molar-refractivity contribution in [2.45, 2.75) is 26.3 Å². The van der Waals surface area contributed by atoms with Crippen LogP contribution in [0.1, 0.15) is 32.1 Å². The van der Waals surface area contributed by atoms with Crippen LogP contribution < -0.4 is 5.32 Å². The monoisotopic (exact) mass is 373 g/mol. The van der Waals surface area contributed by atoms with E-state index in [4.69, 9.17) is 4.42 Å². The molecule has 0 aliphatic rings. The van der Waals surface area contributed by atoms with Gasteiger partial charge in [0.2, 0.25) is 0 Å². The van der Waals surface area contributed by atoms with Gasteiger partial charge < -0.3 is 9.73 Å². The third-order valence-electron chi connectivity index (χ3n) is 3.03. The van der Waals surface area contributed by atoms with E-state index in [1.807, 2.05) is 12.1 Å². The van der Waals surface area contributed by atoms with Crippen LogP contribution in [0.15, 0.2) is 34.7 Å². The molecule has 0 bridgehead atoms. The van der Waals surface area contributed by atoms with Crippen LogP contribution in [-0.4, -0.2) is 6.54 Å². The molecule has 0 amide bonds. The summed E-state index contributed by atoms with van der Waals surface area (Å²) < 4.78 is 19.9. The Labute approximate surface area is 126 Å². The maximum absolute atomic E-state index is 13.1. The molecule has 4 heteroatoms. The van der Waals surface area contributed by atoms with Crippen LogP contribution in [0.5, 0.6) is 0 Å². The van der Waals surface area contributed by atoms with E-state index in [1.165, 1.54) is 12.1 Å². The van der Waals surface area contributed by atoms with Gasteiger partial charge in [-0.15, -0.1) is 0 Å². The van der Waals surface area contributed by atoms with Crippen LogP contribution in [0.25, 0.3) is 11.3 Å². The number of furan rings is 1. The lowest BCUT2D eigenvalue weighted by molar-refractivity contribution is 0.417. The highest BCUT2D eigenvalue weighted by Gasteiger charge is 2.14. The smallest absolute Gasteiger partial charge is 0.135 e. The lowest BCUT2D eigenvalue weighted by Crippen LogP contribution is -2.19. The second kappa shape index (κ2) is 6.52. The second-order valence-corrected chi connectivity index (χ2v) is 5.51. The number of halogens is 2. The van der Waals surface area contributed by atoms with Crippen LogP contribution in [0.4, 0.5) is 4.39 Å². The van der Waals surface area contributed by atoms with Crippen molar-refractivity contribution in [1.29, 1.82) is 0 Å². The van der Waals surface area contributed by atoms with E-state index in [2.05, 4.69) is 41.8 Å². The van der Waals surface area contributed by atoms with Crippen molar-refractivity contribution < 1.29 is 8.81 Å². The minimum Gasteiger partial charge on any atom is -0.459 e. The minimum absolute atomic E-state index is 0.223. The topological polar surface area (TPSA) is 25.2 Å². The van der Waals surface area contributed by atoms with Gasteiger partial charge in [-0.25, -0.2) is 4.39 Å². The highest BCUT2D eigenvalue weighted by atomic mass is 127. The Balaban J connectivity index is 2.29. The summed E-state index contributed by atoms with van der Waals surface area (Å²) in [5.74, 6) is 1.49. The summed E-state index contributed by atoms with van der Waals surface area (Å²) in [5.41, 5.74) is 0.930. The van der Waals surface area contributed by atoms with E-state index in [0.29, 0.717) is 0 Å². The molecule has 1 unspecified atom stereocenters. The van der Waals surface area contributed by atoms with Crippen LogP contribution in [0, 0.1) is 9.39 Å². The highest BCUT2D eigenvalue weighted by Crippen LogP contribution is 2.30. The maximum Gasteiger partial charge on any atom is 0.135 e. The van der Waals surface area contributed by atoms with Gasteiger partial charge in [-0.3, -0.25) is 0 Å². The molecule has 0 aliphatic heterocycles. The van der Waals surface area contributed by atoms with E-state index in [9.17, 15) is 4.39 Å². The van der Waals surface area contributed by atoms with Crippen molar-refractivity contribution in [2.24, 2.45) is 0 Å². The molecular formula is C15H17FINO. The van der Waals surface area contributed by atoms with E-state index in [0.717, 1.165) is 33.6 Å². The van der Waals surface area contributed by atoms with Crippen LogP contribution in [-0.2, 0) is 0 Å². The molecule has 1 heterocycles. The SMILES string of the molecule is CCNC(CC)c1ccc(-c2ccc(F)cc2I)o1. The van der Waals surface area contributed by atoms with Gasteiger partial charge in [0.15, 0.2) is 0 Å². The van der Waals surface area contributed by atoms with E-state index < -0.39 is 0 Å². The Morgan fingerprint density at radius 2 is 2.05 bits per heavy atom. The fraction of sp³-hybridized carbons (Fsp3) is 0.333. The Bertz CT molecular complexity index is 553. The average Bonchev–Trinajstić information content (AvgIpc) is 2.85. The molecule has 2 aromatic rings. The molecule has 102 valence electrons. The van der Waals surface area contributed by atoms with Gasteiger partial charge in [0.25, 0.3) is 0 Å². The first-order valence-electron chi connectivity index (χ1n) is 6.44. The van der Waals surface area contributed by atoms with E-state index in [-0.39, 0.29) is 11.9 Å². The summed E-state index contributed by atoms with van der Waals surface area (Å²) in [7, 11) is 0. The van der Waals surface area contributed by atoms with Crippen molar-refractivity contribution in [2.75, 3.05) is 6.54 Å². The lowest BCUT2D eigenvalue weighted by atomic mass is 10.1. The van der Waals surface area contributed by atoms with Gasteiger partial charge in [-0.05, 0) is 65.9 Å². The zero-order valence-corrected chi connectivity index (χ0v) is 13.2. The van der Waals surface area contributed by atoms with Gasteiger partial charge in [-0.2, -0.15) is 0 Å². The number of benzene rings is 1. The molecule has 1 N–H and O–H groups in total. The largest absolute Gasteiger partial charge is 0.459 e. The molecule has 0 saturated heterocycles. The predicted octanol–water partition coefficient (Wildman–Crippen LogP) is 4.75. The van der Waals surface area contributed by atoms with Crippen LogP contribution in [0.2, 0.25) is 0 Å². The molecule has 1 atom stereocenters. The number of hydrogen-bond donors (Lipinski definition) is 1. The van der Waals surface area contributed by atoms with E-state index in [1.54, 1.807) is 6.07 Å². The van der Waals surface area contributed by atoms with E-state index >= 15 is 0 Å². The summed E-state index contributed by atoms with van der Waals surface area (Å²) >= 11 is 2.13. The molecule has 0 aliphatic carbocycles.